The molecular formula is C24H21N3. The standard InChI is InChI=1S/C24H21N3/c1-4-18-12-14-25-23-21(18)13-15-26-24(23)27-22-11-7-10-20(17(22)3)19-9-6-5-8-16(19)2/h4-15H,1H2,2-3H3,(H,26,27). The minimum absolute atomic E-state index is 0.751. The Morgan fingerprint density at radius 2 is 1.63 bits per heavy atom. The lowest BCUT2D eigenvalue weighted by atomic mass is 9.95. The van der Waals surface area contributed by atoms with Crippen molar-refractivity contribution >= 4 is 28.5 Å². The Morgan fingerprint density at radius 3 is 2.44 bits per heavy atom. The largest absolute Gasteiger partial charge is 0.338 e. The topological polar surface area (TPSA) is 37.8 Å². The summed E-state index contributed by atoms with van der Waals surface area (Å²) in [6.45, 7) is 8.17. The zero-order valence-corrected chi connectivity index (χ0v) is 15.5. The third kappa shape index (κ3) is 3.08. The zero-order valence-electron chi connectivity index (χ0n) is 15.5. The van der Waals surface area contributed by atoms with Gasteiger partial charge >= 0.3 is 0 Å². The minimum Gasteiger partial charge on any atom is -0.338 e. The average molecular weight is 351 g/mol. The summed E-state index contributed by atoms with van der Waals surface area (Å²) in [6.07, 6.45) is 5.44. The van der Waals surface area contributed by atoms with E-state index in [9.17, 15) is 0 Å². The Hall–Kier alpha value is -3.46. The Bertz CT molecular complexity index is 1150. The zero-order chi connectivity index (χ0) is 18.8. The normalized spacial score (nSPS) is 10.7. The van der Waals surface area contributed by atoms with E-state index in [0.717, 1.165) is 28.0 Å². The van der Waals surface area contributed by atoms with E-state index in [1.165, 1.54) is 22.3 Å². The molecule has 0 atom stereocenters. The second kappa shape index (κ2) is 7.04. The van der Waals surface area contributed by atoms with E-state index >= 15 is 0 Å². The molecule has 1 N–H and O–H groups in total. The highest BCUT2D eigenvalue weighted by Crippen LogP contribution is 2.33. The second-order valence-electron chi connectivity index (χ2n) is 6.58. The van der Waals surface area contributed by atoms with Gasteiger partial charge in [-0.15, -0.1) is 0 Å². The summed E-state index contributed by atoms with van der Waals surface area (Å²) >= 11 is 0. The van der Waals surface area contributed by atoms with E-state index in [1.54, 1.807) is 12.4 Å². The van der Waals surface area contributed by atoms with E-state index in [4.69, 9.17) is 0 Å². The number of hydrogen-bond donors (Lipinski definition) is 1. The van der Waals surface area contributed by atoms with Crippen LogP contribution >= 0.6 is 0 Å². The van der Waals surface area contributed by atoms with Crippen LogP contribution in [0.25, 0.3) is 28.1 Å². The van der Waals surface area contributed by atoms with Gasteiger partial charge in [0.15, 0.2) is 5.82 Å². The van der Waals surface area contributed by atoms with Crippen LogP contribution in [0.1, 0.15) is 16.7 Å². The monoisotopic (exact) mass is 351 g/mol. The van der Waals surface area contributed by atoms with Crippen molar-refractivity contribution in [3.05, 3.63) is 90.3 Å². The molecule has 3 heteroatoms. The molecule has 4 aromatic rings. The van der Waals surface area contributed by atoms with Crippen molar-refractivity contribution in [2.75, 3.05) is 5.32 Å². The van der Waals surface area contributed by atoms with Gasteiger partial charge in [-0.05, 0) is 59.9 Å². The molecule has 0 bridgehead atoms. The minimum atomic E-state index is 0.751. The van der Waals surface area contributed by atoms with Crippen LogP contribution in [0.3, 0.4) is 0 Å². The third-order valence-electron chi connectivity index (χ3n) is 4.94. The van der Waals surface area contributed by atoms with Crippen LogP contribution in [0, 0.1) is 13.8 Å². The van der Waals surface area contributed by atoms with Gasteiger partial charge in [0.1, 0.15) is 5.52 Å². The lowest BCUT2D eigenvalue weighted by molar-refractivity contribution is 1.28. The molecule has 0 aliphatic heterocycles. The van der Waals surface area contributed by atoms with E-state index in [1.807, 2.05) is 18.2 Å². The molecule has 4 rings (SSSR count). The molecule has 2 heterocycles. The van der Waals surface area contributed by atoms with Gasteiger partial charge in [-0.25, -0.2) is 4.98 Å². The third-order valence-corrected chi connectivity index (χ3v) is 4.94. The Labute approximate surface area is 159 Å². The SMILES string of the molecule is C=Cc1ccnc2c(Nc3cccc(-c4ccccc4C)c3C)nccc12. The maximum Gasteiger partial charge on any atom is 0.156 e. The van der Waals surface area contributed by atoms with Gasteiger partial charge in [0.2, 0.25) is 0 Å². The summed E-state index contributed by atoms with van der Waals surface area (Å²) in [5, 5.41) is 4.53. The highest BCUT2D eigenvalue weighted by molar-refractivity contribution is 5.95. The molecule has 0 spiro atoms. The molecular weight excluding hydrogens is 330 g/mol. The van der Waals surface area contributed by atoms with Crippen molar-refractivity contribution < 1.29 is 0 Å². The van der Waals surface area contributed by atoms with Gasteiger partial charge in [-0.1, -0.05) is 49.1 Å². The van der Waals surface area contributed by atoms with E-state index in [-0.39, 0.29) is 0 Å². The molecule has 0 unspecified atom stereocenters. The number of benzene rings is 2. The number of nitrogens with one attached hydrogen (secondary N) is 1. The predicted molar refractivity (Wildman–Crippen MR) is 114 cm³/mol. The first-order chi connectivity index (χ1) is 13.2. The maximum absolute atomic E-state index is 4.54. The summed E-state index contributed by atoms with van der Waals surface area (Å²) in [5.74, 6) is 0.751. The molecule has 3 nitrogen and oxygen atoms in total. The van der Waals surface area contributed by atoms with E-state index in [2.05, 4.69) is 78.2 Å². The van der Waals surface area contributed by atoms with Crippen LogP contribution in [-0.4, -0.2) is 9.97 Å². The number of nitrogens with zero attached hydrogens (tertiary/aromatic N) is 2. The first kappa shape index (κ1) is 17.0. The second-order valence-corrected chi connectivity index (χ2v) is 6.58. The van der Waals surface area contributed by atoms with Gasteiger partial charge in [0.05, 0.1) is 0 Å². The van der Waals surface area contributed by atoms with E-state index < -0.39 is 0 Å². The number of anilines is 2. The first-order valence-corrected chi connectivity index (χ1v) is 8.98. The molecule has 0 fully saturated rings. The van der Waals surface area contributed by atoms with Gasteiger partial charge in [0, 0.05) is 23.5 Å². The maximum atomic E-state index is 4.54. The summed E-state index contributed by atoms with van der Waals surface area (Å²) in [7, 11) is 0. The molecule has 2 aromatic carbocycles. The van der Waals surface area contributed by atoms with Gasteiger partial charge in [-0.2, -0.15) is 0 Å². The Morgan fingerprint density at radius 1 is 0.852 bits per heavy atom. The molecule has 132 valence electrons. The number of fused-ring (bicyclic) bond motifs is 1. The van der Waals surface area contributed by atoms with Crippen molar-refractivity contribution in [1.29, 1.82) is 0 Å². The van der Waals surface area contributed by atoms with Gasteiger partial charge < -0.3 is 5.32 Å². The van der Waals surface area contributed by atoms with Crippen LogP contribution in [0.15, 0.2) is 73.6 Å². The number of aromatic nitrogens is 2. The Balaban J connectivity index is 1.81. The van der Waals surface area contributed by atoms with Crippen LogP contribution in [0.4, 0.5) is 11.5 Å². The van der Waals surface area contributed by atoms with Crippen molar-refractivity contribution in [2.45, 2.75) is 13.8 Å². The van der Waals surface area contributed by atoms with Crippen LogP contribution < -0.4 is 5.32 Å². The number of hydrogen-bond acceptors (Lipinski definition) is 3. The van der Waals surface area contributed by atoms with Crippen molar-refractivity contribution in [2.24, 2.45) is 0 Å². The fourth-order valence-electron chi connectivity index (χ4n) is 3.43. The van der Waals surface area contributed by atoms with Crippen molar-refractivity contribution in [3.63, 3.8) is 0 Å². The first-order valence-electron chi connectivity index (χ1n) is 8.98. The van der Waals surface area contributed by atoms with Gasteiger partial charge in [-0.3, -0.25) is 4.98 Å². The van der Waals surface area contributed by atoms with Crippen molar-refractivity contribution in [1.82, 2.24) is 9.97 Å². The summed E-state index contributed by atoms with van der Waals surface area (Å²) in [5.41, 5.74) is 7.84. The number of rotatable bonds is 4. The highest BCUT2D eigenvalue weighted by Gasteiger charge is 2.11. The number of pyridine rings is 2. The molecule has 0 radical (unpaired) electrons. The molecule has 0 amide bonds. The fourth-order valence-corrected chi connectivity index (χ4v) is 3.43. The molecule has 0 saturated carbocycles. The molecule has 0 aliphatic rings. The van der Waals surface area contributed by atoms with Crippen LogP contribution in [-0.2, 0) is 0 Å². The lowest BCUT2D eigenvalue weighted by Crippen LogP contribution is -1.99. The number of aryl methyl sites for hydroxylation is 1. The molecule has 0 aliphatic carbocycles. The van der Waals surface area contributed by atoms with Crippen LogP contribution in [0.5, 0.6) is 0 Å². The molecule has 0 saturated heterocycles. The summed E-state index contributed by atoms with van der Waals surface area (Å²) in [6, 6.07) is 18.7. The lowest BCUT2D eigenvalue weighted by Gasteiger charge is -2.15. The fraction of sp³-hybridized carbons (Fsp3) is 0.0833. The predicted octanol–water partition coefficient (Wildman–Crippen LogP) is 6.30. The summed E-state index contributed by atoms with van der Waals surface area (Å²) < 4.78 is 0. The molecule has 2 aromatic heterocycles. The average Bonchev–Trinajstić information content (AvgIpc) is 2.70. The highest BCUT2D eigenvalue weighted by atomic mass is 15.0. The Kier molecular flexibility index (Phi) is 4.43. The van der Waals surface area contributed by atoms with E-state index in [0.29, 0.717) is 0 Å². The smallest absolute Gasteiger partial charge is 0.156 e. The molecule has 27 heavy (non-hydrogen) atoms. The van der Waals surface area contributed by atoms with Crippen molar-refractivity contribution in [3.8, 4) is 11.1 Å². The summed E-state index contributed by atoms with van der Waals surface area (Å²) in [4.78, 5) is 9.07. The van der Waals surface area contributed by atoms with Crippen LogP contribution in [0.2, 0.25) is 0 Å². The van der Waals surface area contributed by atoms with Gasteiger partial charge in [0.25, 0.3) is 0 Å². The quantitative estimate of drug-likeness (QED) is 0.469.